The largest absolute Gasteiger partial charge is 0.416 e. The van der Waals surface area contributed by atoms with Gasteiger partial charge in [0, 0.05) is 5.69 Å². The smallest absolute Gasteiger partial charge is 0.399 e. The minimum atomic E-state index is -4.36. The molecule has 3 N–H and O–H groups in total. The third-order valence-electron chi connectivity index (χ3n) is 4.35. The van der Waals surface area contributed by atoms with Gasteiger partial charge in [0.25, 0.3) is 0 Å². The molecule has 1 aliphatic rings. The van der Waals surface area contributed by atoms with Crippen molar-refractivity contribution in [3.05, 3.63) is 29.3 Å². The van der Waals surface area contributed by atoms with Crippen LogP contribution in [0.15, 0.2) is 18.2 Å². The molecule has 0 aliphatic carbocycles. The highest BCUT2D eigenvalue weighted by Crippen LogP contribution is 2.43. The molecule has 0 saturated carbocycles. The molecule has 0 radical (unpaired) electrons. The summed E-state index contributed by atoms with van der Waals surface area (Å²) in [6.45, 7) is 5.76. The van der Waals surface area contributed by atoms with Gasteiger partial charge in [-0.05, 0) is 61.4 Å². The molecule has 0 bridgehead atoms. The summed E-state index contributed by atoms with van der Waals surface area (Å²) in [5, 5.41) is 3.27. The zero-order chi connectivity index (χ0) is 15.6. The van der Waals surface area contributed by atoms with Crippen molar-refractivity contribution < 1.29 is 13.2 Å². The van der Waals surface area contributed by atoms with Crippen LogP contribution < -0.4 is 11.1 Å². The summed E-state index contributed by atoms with van der Waals surface area (Å²) in [7, 11) is 0. The van der Waals surface area contributed by atoms with Crippen LogP contribution in [0.5, 0.6) is 0 Å². The lowest BCUT2D eigenvalue weighted by Gasteiger charge is -2.35. The molecule has 2 rings (SSSR count). The molecule has 1 aromatic carbocycles. The predicted molar refractivity (Wildman–Crippen MR) is 79.0 cm³/mol. The molecule has 5 heteroatoms. The Bertz CT molecular complexity index is 477. The van der Waals surface area contributed by atoms with Crippen LogP contribution in [0.4, 0.5) is 18.9 Å². The Labute approximate surface area is 123 Å². The van der Waals surface area contributed by atoms with Gasteiger partial charge < -0.3 is 11.1 Å². The third-order valence-corrected chi connectivity index (χ3v) is 4.35. The molecule has 1 saturated heterocycles. The van der Waals surface area contributed by atoms with Crippen LogP contribution in [-0.2, 0) is 6.18 Å². The van der Waals surface area contributed by atoms with Gasteiger partial charge in [-0.3, -0.25) is 0 Å². The Balaban J connectivity index is 2.44. The highest BCUT2D eigenvalue weighted by Gasteiger charge is 2.38. The molecule has 1 heterocycles. The first-order valence-corrected chi connectivity index (χ1v) is 7.48. The van der Waals surface area contributed by atoms with Crippen molar-refractivity contribution in [2.24, 2.45) is 11.8 Å². The lowest BCUT2D eigenvalue weighted by Crippen LogP contribution is -2.33. The second kappa shape index (κ2) is 6.26. The summed E-state index contributed by atoms with van der Waals surface area (Å²) in [5.41, 5.74) is 5.57. The van der Waals surface area contributed by atoms with E-state index in [0.29, 0.717) is 5.56 Å². The van der Waals surface area contributed by atoms with Crippen LogP contribution in [0.2, 0.25) is 0 Å². The fourth-order valence-corrected chi connectivity index (χ4v) is 3.47. The Morgan fingerprint density at radius 2 is 1.81 bits per heavy atom. The van der Waals surface area contributed by atoms with Crippen molar-refractivity contribution >= 4 is 5.69 Å². The van der Waals surface area contributed by atoms with Gasteiger partial charge in [0.2, 0.25) is 0 Å². The first-order valence-electron chi connectivity index (χ1n) is 7.48. The van der Waals surface area contributed by atoms with E-state index in [0.717, 1.165) is 32.0 Å². The molecule has 2 nitrogen and oxygen atoms in total. The lowest BCUT2D eigenvalue weighted by atomic mass is 9.73. The number of hydrogen-bond acceptors (Lipinski definition) is 2. The van der Waals surface area contributed by atoms with Gasteiger partial charge in [-0.1, -0.05) is 19.9 Å². The van der Waals surface area contributed by atoms with Crippen LogP contribution >= 0.6 is 0 Å². The first kappa shape index (κ1) is 16.1. The van der Waals surface area contributed by atoms with Crippen LogP contribution in [0.1, 0.15) is 43.7 Å². The van der Waals surface area contributed by atoms with Crippen molar-refractivity contribution in [1.82, 2.24) is 5.32 Å². The summed E-state index contributed by atoms with van der Waals surface area (Å²) in [6, 6.07) is 4.23. The minimum absolute atomic E-state index is 0.0793. The molecule has 1 unspecified atom stereocenters. The van der Waals surface area contributed by atoms with Gasteiger partial charge in [-0.2, -0.15) is 13.2 Å². The van der Waals surface area contributed by atoms with Crippen molar-refractivity contribution in [3.63, 3.8) is 0 Å². The number of benzene rings is 1. The lowest BCUT2D eigenvalue weighted by molar-refractivity contribution is -0.138. The van der Waals surface area contributed by atoms with Crippen LogP contribution in [0.25, 0.3) is 0 Å². The van der Waals surface area contributed by atoms with E-state index in [1.54, 1.807) is 12.1 Å². The molecule has 1 atom stereocenters. The fourth-order valence-electron chi connectivity index (χ4n) is 3.47. The average molecular weight is 300 g/mol. The van der Waals surface area contributed by atoms with E-state index >= 15 is 0 Å². The standard InChI is InChI=1S/C16H23F3N2/c1-10(2)15(11-5-7-21-8-6-11)13-4-3-12(20)9-14(13)16(17,18)19/h3-4,9-11,15,21H,5-8,20H2,1-2H3. The van der Waals surface area contributed by atoms with E-state index in [4.69, 9.17) is 5.73 Å². The zero-order valence-corrected chi connectivity index (χ0v) is 12.5. The van der Waals surface area contributed by atoms with E-state index in [1.807, 2.05) is 13.8 Å². The predicted octanol–water partition coefficient (Wildman–Crippen LogP) is 4.03. The number of nitrogens with two attached hydrogens (primary N) is 1. The number of alkyl halides is 3. The maximum atomic E-state index is 13.4. The molecule has 0 aromatic heterocycles. The number of halogens is 3. The van der Waals surface area contributed by atoms with Gasteiger partial charge in [-0.15, -0.1) is 0 Å². The quantitative estimate of drug-likeness (QED) is 0.827. The monoisotopic (exact) mass is 300 g/mol. The second-order valence-electron chi connectivity index (χ2n) is 6.20. The Hall–Kier alpha value is -1.23. The molecule has 0 amide bonds. The SMILES string of the molecule is CC(C)C(c1ccc(N)cc1C(F)(F)F)C1CCNCC1. The summed E-state index contributed by atoms with van der Waals surface area (Å²) in [4.78, 5) is 0. The fraction of sp³-hybridized carbons (Fsp3) is 0.625. The van der Waals surface area contributed by atoms with E-state index < -0.39 is 11.7 Å². The summed E-state index contributed by atoms with van der Waals surface area (Å²) < 4.78 is 40.1. The second-order valence-corrected chi connectivity index (χ2v) is 6.20. The molecule has 1 aliphatic heterocycles. The first-order chi connectivity index (χ1) is 9.80. The van der Waals surface area contributed by atoms with Crippen molar-refractivity contribution in [1.29, 1.82) is 0 Å². The Morgan fingerprint density at radius 3 is 2.33 bits per heavy atom. The summed E-state index contributed by atoms with van der Waals surface area (Å²) in [5.74, 6) is 0.373. The normalized spacial score (nSPS) is 19.0. The average Bonchev–Trinajstić information content (AvgIpc) is 2.40. The number of rotatable bonds is 3. The van der Waals surface area contributed by atoms with Crippen molar-refractivity contribution in [2.45, 2.75) is 38.8 Å². The summed E-state index contributed by atoms with van der Waals surface area (Å²) >= 11 is 0. The zero-order valence-electron chi connectivity index (χ0n) is 12.5. The van der Waals surface area contributed by atoms with Crippen molar-refractivity contribution in [2.75, 3.05) is 18.8 Å². The van der Waals surface area contributed by atoms with Gasteiger partial charge in [0.1, 0.15) is 0 Å². The summed E-state index contributed by atoms with van der Waals surface area (Å²) in [6.07, 6.45) is -2.51. The van der Waals surface area contributed by atoms with Gasteiger partial charge in [-0.25, -0.2) is 0 Å². The minimum Gasteiger partial charge on any atom is -0.399 e. The molecule has 118 valence electrons. The number of nitrogen functional groups attached to an aromatic ring is 1. The van der Waals surface area contributed by atoms with E-state index in [-0.39, 0.29) is 23.4 Å². The molecule has 0 spiro atoms. The number of hydrogen-bond donors (Lipinski definition) is 2. The highest BCUT2D eigenvalue weighted by molar-refractivity contribution is 5.47. The van der Waals surface area contributed by atoms with Gasteiger partial charge in [0.05, 0.1) is 5.56 Å². The Kier molecular flexibility index (Phi) is 4.81. The number of piperidine rings is 1. The van der Waals surface area contributed by atoms with Crippen LogP contribution in [-0.4, -0.2) is 13.1 Å². The topological polar surface area (TPSA) is 38.0 Å². The van der Waals surface area contributed by atoms with E-state index in [9.17, 15) is 13.2 Å². The molecule has 21 heavy (non-hydrogen) atoms. The highest BCUT2D eigenvalue weighted by atomic mass is 19.4. The molecular formula is C16H23F3N2. The molecule has 1 aromatic rings. The molecule has 1 fully saturated rings. The number of anilines is 1. The van der Waals surface area contributed by atoms with Gasteiger partial charge in [0.15, 0.2) is 0 Å². The van der Waals surface area contributed by atoms with Crippen LogP contribution in [0.3, 0.4) is 0 Å². The number of nitrogens with one attached hydrogen (secondary N) is 1. The third kappa shape index (κ3) is 3.70. The Morgan fingerprint density at radius 1 is 1.19 bits per heavy atom. The van der Waals surface area contributed by atoms with Crippen molar-refractivity contribution in [3.8, 4) is 0 Å². The molecular weight excluding hydrogens is 277 g/mol. The van der Waals surface area contributed by atoms with E-state index in [2.05, 4.69) is 5.32 Å². The maximum absolute atomic E-state index is 13.4. The van der Waals surface area contributed by atoms with Gasteiger partial charge >= 0.3 is 6.18 Å². The van der Waals surface area contributed by atoms with E-state index in [1.165, 1.54) is 0 Å². The van der Waals surface area contributed by atoms with Crippen LogP contribution in [0, 0.1) is 11.8 Å². The maximum Gasteiger partial charge on any atom is 0.416 e.